The lowest BCUT2D eigenvalue weighted by Gasteiger charge is -2.14. The van der Waals surface area contributed by atoms with Crippen molar-refractivity contribution in [3.05, 3.63) is 65.2 Å². The van der Waals surface area contributed by atoms with E-state index >= 15 is 0 Å². The quantitative estimate of drug-likeness (QED) is 0.325. The lowest BCUT2D eigenvalue weighted by atomic mass is 10.1. The zero-order valence-corrected chi connectivity index (χ0v) is 14.4. The molecule has 28 heavy (non-hydrogen) atoms. The minimum atomic E-state index is -4.69. The number of hydrogen-bond donors (Lipinski definition) is 1. The lowest BCUT2D eigenvalue weighted by Crippen LogP contribution is -2.21. The highest BCUT2D eigenvalue weighted by Gasteiger charge is 2.33. The molecule has 0 atom stereocenters. The number of halogens is 5. The number of Topliss-reactive ketones (excluding diaryl/α,β-unsaturated/α-hetero) is 1. The van der Waals surface area contributed by atoms with E-state index in [-0.39, 0.29) is 5.75 Å². The van der Waals surface area contributed by atoms with Crippen LogP contribution in [0.15, 0.2) is 54.1 Å². The van der Waals surface area contributed by atoms with E-state index in [4.69, 9.17) is 0 Å². The van der Waals surface area contributed by atoms with Crippen LogP contribution in [-0.2, 0) is 15.8 Å². The smallest absolute Gasteiger partial charge is 0.418 e. The summed E-state index contributed by atoms with van der Waals surface area (Å²) in [6.07, 6.45) is -3.55. The van der Waals surface area contributed by atoms with Crippen molar-refractivity contribution in [1.29, 1.82) is 0 Å². The molecule has 0 saturated carbocycles. The molecule has 0 radical (unpaired) electrons. The van der Waals surface area contributed by atoms with Crippen molar-refractivity contribution in [2.45, 2.75) is 19.7 Å². The van der Waals surface area contributed by atoms with Crippen LogP contribution in [0.4, 0.5) is 27.6 Å². The molecule has 1 N–H and O–H groups in total. The molecule has 0 bridgehead atoms. The van der Waals surface area contributed by atoms with Crippen molar-refractivity contribution < 1.29 is 36.3 Å². The van der Waals surface area contributed by atoms with Gasteiger partial charge in [-0.3, -0.25) is 9.59 Å². The summed E-state index contributed by atoms with van der Waals surface area (Å²) in [5.41, 5.74) is -1.65. The third kappa shape index (κ3) is 5.63. The topological polar surface area (TPSA) is 55.4 Å². The molecule has 0 aliphatic rings. The van der Waals surface area contributed by atoms with E-state index < -0.39 is 41.3 Å². The van der Waals surface area contributed by atoms with E-state index in [0.717, 1.165) is 25.1 Å². The SMILES string of the molecule is CC(=O)/C(=C\c1ccc(OC(F)F)cc1)C(=O)Nc1ccccc1C(F)(F)F. The average molecular weight is 399 g/mol. The van der Waals surface area contributed by atoms with Crippen molar-refractivity contribution in [3.8, 4) is 5.75 Å². The molecule has 2 rings (SSSR count). The Kier molecular flexibility index (Phi) is 6.50. The number of anilines is 1. The Balaban J connectivity index is 2.28. The maximum absolute atomic E-state index is 13.0. The number of ether oxygens (including phenoxy) is 1. The number of amides is 1. The zero-order valence-electron chi connectivity index (χ0n) is 14.4. The van der Waals surface area contributed by atoms with Gasteiger partial charge in [-0.25, -0.2) is 0 Å². The first kappa shape index (κ1) is 21.1. The second-order valence-corrected chi connectivity index (χ2v) is 5.56. The van der Waals surface area contributed by atoms with Gasteiger partial charge in [0.2, 0.25) is 0 Å². The minimum absolute atomic E-state index is 0.125. The van der Waals surface area contributed by atoms with Crippen LogP contribution in [0.1, 0.15) is 18.1 Å². The molecule has 4 nitrogen and oxygen atoms in total. The van der Waals surface area contributed by atoms with E-state index in [1.807, 2.05) is 0 Å². The summed E-state index contributed by atoms with van der Waals surface area (Å²) in [6, 6.07) is 9.38. The summed E-state index contributed by atoms with van der Waals surface area (Å²) in [7, 11) is 0. The third-order valence-corrected chi connectivity index (χ3v) is 3.52. The summed E-state index contributed by atoms with van der Waals surface area (Å²) >= 11 is 0. The van der Waals surface area contributed by atoms with E-state index in [9.17, 15) is 31.5 Å². The Hall–Kier alpha value is -3.23. The number of benzene rings is 2. The Bertz CT molecular complexity index is 889. The molecule has 9 heteroatoms. The maximum atomic E-state index is 13.0. The van der Waals surface area contributed by atoms with Gasteiger partial charge in [0.15, 0.2) is 5.78 Å². The molecule has 0 fully saturated rings. The van der Waals surface area contributed by atoms with E-state index in [2.05, 4.69) is 10.1 Å². The molecule has 0 saturated heterocycles. The van der Waals surface area contributed by atoms with Gasteiger partial charge in [0.25, 0.3) is 5.91 Å². The molecule has 0 unspecified atom stereocenters. The number of nitrogens with one attached hydrogen (secondary N) is 1. The van der Waals surface area contributed by atoms with Crippen molar-refractivity contribution >= 4 is 23.5 Å². The van der Waals surface area contributed by atoms with E-state index in [0.29, 0.717) is 5.56 Å². The summed E-state index contributed by atoms with van der Waals surface area (Å²) in [5, 5.41) is 2.08. The molecule has 0 aliphatic carbocycles. The zero-order chi connectivity index (χ0) is 20.9. The standard InChI is InChI=1S/C19H14F5NO3/c1-11(26)14(10-12-6-8-13(9-7-12)28-18(20)21)17(27)25-16-5-3-2-4-15(16)19(22,23)24/h2-10,18H,1H3,(H,25,27)/b14-10+. The molecule has 0 heterocycles. The molecular weight excluding hydrogens is 385 g/mol. The third-order valence-electron chi connectivity index (χ3n) is 3.52. The number of carbonyl (C=O) groups excluding carboxylic acids is 2. The summed E-state index contributed by atoms with van der Waals surface area (Å²) in [4.78, 5) is 24.2. The Morgan fingerprint density at radius 1 is 1.04 bits per heavy atom. The molecule has 0 aliphatic heterocycles. The summed E-state index contributed by atoms with van der Waals surface area (Å²) in [6.45, 7) is -1.93. The summed E-state index contributed by atoms with van der Waals surface area (Å²) in [5.74, 6) is -1.84. The van der Waals surface area contributed by atoms with Crippen LogP contribution in [0.3, 0.4) is 0 Å². The molecule has 2 aromatic carbocycles. The molecule has 1 amide bonds. The van der Waals surface area contributed by atoms with Gasteiger partial charge in [0.1, 0.15) is 5.75 Å². The molecular formula is C19H14F5NO3. The number of ketones is 1. The minimum Gasteiger partial charge on any atom is -0.435 e. The van der Waals surface area contributed by atoms with Gasteiger partial charge in [-0.2, -0.15) is 22.0 Å². The largest absolute Gasteiger partial charge is 0.435 e. The van der Waals surface area contributed by atoms with Crippen molar-refractivity contribution in [2.75, 3.05) is 5.32 Å². The van der Waals surface area contributed by atoms with Gasteiger partial charge in [-0.05, 0) is 42.8 Å². The number of para-hydroxylation sites is 1. The number of carbonyl (C=O) groups is 2. The number of rotatable bonds is 6. The van der Waals surface area contributed by atoms with Gasteiger partial charge < -0.3 is 10.1 Å². The van der Waals surface area contributed by atoms with Crippen LogP contribution in [-0.4, -0.2) is 18.3 Å². The highest BCUT2D eigenvalue weighted by Crippen LogP contribution is 2.34. The second kappa shape index (κ2) is 8.64. The fraction of sp³-hybridized carbons (Fsp3) is 0.158. The normalized spacial score (nSPS) is 12.0. The first-order valence-corrected chi connectivity index (χ1v) is 7.83. The second-order valence-electron chi connectivity index (χ2n) is 5.56. The van der Waals surface area contributed by atoms with Crippen LogP contribution in [0, 0.1) is 0 Å². The van der Waals surface area contributed by atoms with Crippen LogP contribution < -0.4 is 10.1 Å². The fourth-order valence-electron chi connectivity index (χ4n) is 2.27. The molecule has 148 valence electrons. The van der Waals surface area contributed by atoms with Gasteiger partial charge in [-0.1, -0.05) is 24.3 Å². The predicted molar refractivity (Wildman–Crippen MR) is 91.8 cm³/mol. The first-order valence-electron chi connectivity index (χ1n) is 7.83. The summed E-state index contributed by atoms with van der Waals surface area (Å²) < 4.78 is 67.6. The maximum Gasteiger partial charge on any atom is 0.418 e. The monoisotopic (exact) mass is 399 g/mol. The van der Waals surface area contributed by atoms with E-state index in [1.165, 1.54) is 36.4 Å². The van der Waals surface area contributed by atoms with Gasteiger partial charge in [-0.15, -0.1) is 0 Å². The Labute approximate surface area is 156 Å². The van der Waals surface area contributed by atoms with Crippen LogP contribution in [0.25, 0.3) is 6.08 Å². The first-order chi connectivity index (χ1) is 13.1. The van der Waals surface area contributed by atoms with Crippen molar-refractivity contribution in [2.24, 2.45) is 0 Å². The molecule has 0 spiro atoms. The van der Waals surface area contributed by atoms with Crippen LogP contribution >= 0.6 is 0 Å². The van der Waals surface area contributed by atoms with Crippen LogP contribution in [0.2, 0.25) is 0 Å². The fourth-order valence-corrected chi connectivity index (χ4v) is 2.27. The van der Waals surface area contributed by atoms with Crippen LogP contribution in [0.5, 0.6) is 5.75 Å². The Morgan fingerprint density at radius 2 is 1.64 bits per heavy atom. The highest BCUT2D eigenvalue weighted by molar-refractivity contribution is 6.25. The van der Waals surface area contributed by atoms with Crippen molar-refractivity contribution in [3.63, 3.8) is 0 Å². The van der Waals surface area contributed by atoms with Gasteiger partial charge in [0, 0.05) is 0 Å². The predicted octanol–water partition coefficient (Wildman–Crippen LogP) is 4.92. The Morgan fingerprint density at radius 3 is 2.18 bits per heavy atom. The number of alkyl halides is 5. The molecule has 2 aromatic rings. The molecule has 0 aromatic heterocycles. The number of hydrogen-bond acceptors (Lipinski definition) is 3. The van der Waals surface area contributed by atoms with Crippen molar-refractivity contribution in [1.82, 2.24) is 0 Å². The average Bonchev–Trinajstić information content (AvgIpc) is 2.59. The van der Waals surface area contributed by atoms with Gasteiger partial charge in [0.05, 0.1) is 16.8 Å². The highest BCUT2D eigenvalue weighted by atomic mass is 19.4. The van der Waals surface area contributed by atoms with Gasteiger partial charge >= 0.3 is 12.8 Å². The lowest BCUT2D eigenvalue weighted by molar-refractivity contribution is -0.137. The van der Waals surface area contributed by atoms with E-state index in [1.54, 1.807) is 0 Å².